The molecule has 2 N–H and O–H groups in total. The largest absolute Gasteiger partial charge is 0.399 e. The Bertz CT molecular complexity index is 476. The molecule has 80 valence electrons. The van der Waals surface area contributed by atoms with Crippen LogP contribution in [0.4, 0.5) is 5.69 Å². The monoisotopic (exact) mass is 205 g/mol. The van der Waals surface area contributed by atoms with Crippen molar-refractivity contribution < 1.29 is 4.74 Å². The van der Waals surface area contributed by atoms with E-state index in [1.54, 1.807) is 7.11 Å². The van der Waals surface area contributed by atoms with Crippen molar-refractivity contribution in [1.82, 2.24) is 9.55 Å². The van der Waals surface area contributed by atoms with E-state index in [1.165, 1.54) is 0 Å². The van der Waals surface area contributed by atoms with E-state index in [-0.39, 0.29) is 0 Å². The first kappa shape index (κ1) is 9.98. The summed E-state index contributed by atoms with van der Waals surface area (Å²) in [5.41, 5.74) is 8.58. The van der Waals surface area contributed by atoms with Crippen molar-refractivity contribution in [2.75, 3.05) is 19.5 Å². The zero-order valence-electron chi connectivity index (χ0n) is 9.03. The number of aromatic nitrogens is 2. The molecule has 0 saturated heterocycles. The van der Waals surface area contributed by atoms with Crippen LogP contribution in [0.5, 0.6) is 0 Å². The zero-order valence-corrected chi connectivity index (χ0v) is 9.03. The fourth-order valence-electron chi connectivity index (χ4n) is 1.73. The van der Waals surface area contributed by atoms with Crippen LogP contribution in [-0.2, 0) is 11.3 Å². The Labute approximate surface area is 88.7 Å². The van der Waals surface area contributed by atoms with Crippen LogP contribution in [0.3, 0.4) is 0 Å². The second-order valence-electron chi connectivity index (χ2n) is 3.55. The van der Waals surface area contributed by atoms with Crippen molar-refractivity contribution in [1.29, 1.82) is 0 Å². The molecule has 0 spiro atoms. The Balaban J connectivity index is 2.50. The van der Waals surface area contributed by atoms with Crippen LogP contribution in [0.1, 0.15) is 5.82 Å². The minimum absolute atomic E-state index is 0.682. The number of hydrogen-bond acceptors (Lipinski definition) is 3. The summed E-state index contributed by atoms with van der Waals surface area (Å²) < 4.78 is 7.19. The minimum Gasteiger partial charge on any atom is -0.399 e. The normalized spacial score (nSPS) is 11.1. The molecule has 0 amide bonds. The van der Waals surface area contributed by atoms with E-state index in [0.717, 1.165) is 29.1 Å². The third-order valence-corrected chi connectivity index (χ3v) is 2.48. The van der Waals surface area contributed by atoms with Gasteiger partial charge in [-0.2, -0.15) is 0 Å². The predicted molar refractivity (Wildman–Crippen MR) is 60.8 cm³/mol. The molecule has 1 aromatic carbocycles. The van der Waals surface area contributed by atoms with Gasteiger partial charge in [0.2, 0.25) is 0 Å². The molecule has 0 bridgehead atoms. The van der Waals surface area contributed by atoms with Crippen molar-refractivity contribution in [3.05, 3.63) is 24.0 Å². The van der Waals surface area contributed by atoms with Gasteiger partial charge >= 0.3 is 0 Å². The summed E-state index contributed by atoms with van der Waals surface area (Å²) in [5, 5.41) is 0. The number of fused-ring (bicyclic) bond motifs is 1. The van der Waals surface area contributed by atoms with E-state index in [9.17, 15) is 0 Å². The Hall–Kier alpha value is -1.55. The lowest BCUT2D eigenvalue weighted by atomic mass is 10.3. The maximum absolute atomic E-state index is 5.76. The van der Waals surface area contributed by atoms with Gasteiger partial charge in [0.1, 0.15) is 5.82 Å². The number of nitrogens with zero attached hydrogens (tertiary/aromatic N) is 2. The first-order chi connectivity index (χ1) is 7.22. The topological polar surface area (TPSA) is 53.1 Å². The maximum atomic E-state index is 5.76. The van der Waals surface area contributed by atoms with E-state index in [4.69, 9.17) is 10.5 Å². The van der Waals surface area contributed by atoms with E-state index in [0.29, 0.717) is 6.61 Å². The van der Waals surface area contributed by atoms with Gasteiger partial charge in [-0.1, -0.05) is 0 Å². The Morgan fingerprint density at radius 3 is 3.00 bits per heavy atom. The van der Waals surface area contributed by atoms with Crippen molar-refractivity contribution in [3.63, 3.8) is 0 Å². The molecule has 2 rings (SSSR count). The highest BCUT2D eigenvalue weighted by Crippen LogP contribution is 2.18. The fraction of sp³-hybridized carbons (Fsp3) is 0.364. The Morgan fingerprint density at radius 1 is 1.47 bits per heavy atom. The van der Waals surface area contributed by atoms with E-state index in [1.807, 2.05) is 25.1 Å². The van der Waals surface area contributed by atoms with Gasteiger partial charge in [0, 0.05) is 19.3 Å². The average molecular weight is 205 g/mol. The van der Waals surface area contributed by atoms with Gasteiger partial charge in [0.05, 0.1) is 17.6 Å². The van der Waals surface area contributed by atoms with Crippen LogP contribution < -0.4 is 5.73 Å². The van der Waals surface area contributed by atoms with Crippen LogP contribution in [-0.4, -0.2) is 23.3 Å². The third kappa shape index (κ3) is 1.80. The van der Waals surface area contributed by atoms with E-state index < -0.39 is 0 Å². The van der Waals surface area contributed by atoms with Crippen molar-refractivity contribution in [2.24, 2.45) is 0 Å². The van der Waals surface area contributed by atoms with Gasteiger partial charge in [-0.15, -0.1) is 0 Å². The van der Waals surface area contributed by atoms with Crippen LogP contribution in [0.15, 0.2) is 18.2 Å². The number of aryl methyl sites for hydroxylation is 1. The average Bonchev–Trinajstić information content (AvgIpc) is 2.51. The van der Waals surface area contributed by atoms with Gasteiger partial charge < -0.3 is 15.0 Å². The lowest BCUT2D eigenvalue weighted by Crippen LogP contribution is -2.05. The first-order valence-corrected chi connectivity index (χ1v) is 4.93. The number of hydrogen-bond donors (Lipinski definition) is 1. The van der Waals surface area contributed by atoms with E-state index >= 15 is 0 Å². The maximum Gasteiger partial charge on any atom is 0.106 e. The molecular weight excluding hydrogens is 190 g/mol. The summed E-state index contributed by atoms with van der Waals surface area (Å²) in [5.74, 6) is 0.993. The first-order valence-electron chi connectivity index (χ1n) is 4.93. The number of ether oxygens (including phenoxy) is 1. The summed E-state index contributed by atoms with van der Waals surface area (Å²) >= 11 is 0. The molecule has 0 saturated carbocycles. The van der Waals surface area contributed by atoms with Crippen LogP contribution in [0, 0.1) is 6.92 Å². The summed E-state index contributed by atoms with van der Waals surface area (Å²) in [7, 11) is 1.70. The summed E-state index contributed by atoms with van der Waals surface area (Å²) in [6.07, 6.45) is 0. The minimum atomic E-state index is 0.682. The number of anilines is 1. The molecule has 15 heavy (non-hydrogen) atoms. The smallest absolute Gasteiger partial charge is 0.106 e. The highest BCUT2D eigenvalue weighted by atomic mass is 16.5. The molecule has 0 unspecified atom stereocenters. The molecule has 0 radical (unpaired) electrons. The van der Waals surface area contributed by atoms with Crippen molar-refractivity contribution in [2.45, 2.75) is 13.5 Å². The molecule has 4 nitrogen and oxygen atoms in total. The van der Waals surface area contributed by atoms with Gasteiger partial charge in [0.15, 0.2) is 0 Å². The summed E-state index contributed by atoms with van der Waals surface area (Å²) in [4.78, 5) is 4.46. The van der Waals surface area contributed by atoms with Gasteiger partial charge in [0.25, 0.3) is 0 Å². The van der Waals surface area contributed by atoms with Gasteiger partial charge in [-0.3, -0.25) is 0 Å². The highest BCUT2D eigenvalue weighted by molar-refractivity contribution is 5.79. The Kier molecular flexibility index (Phi) is 2.60. The second kappa shape index (κ2) is 3.90. The van der Waals surface area contributed by atoms with Crippen LogP contribution >= 0.6 is 0 Å². The number of nitrogens with two attached hydrogens (primary N) is 1. The fourth-order valence-corrected chi connectivity index (χ4v) is 1.73. The molecule has 0 aliphatic heterocycles. The number of benzene rings is 1. The molecule has 2 aromatic rings. The number of methoxy groups -OCH3 is 1. The van der Waals surface area contributed by atoms with Crippen molar-refractivity contribution in [3.8, 4) is 0 Å². The van der Waals surface area contributed by atoms with Gasteiger partial charge in [-0.25, -0.2) is 4.98 Å². The molecule has 1 heterocycles. The number of rotatable bonds is 3. The molecule has 0 aliphatic carbocycles. The molecule has 0 aliphatic rings. The SMILES string of the molecule is COCCn1c(C)nc2ccc(N)cc21. The standard InChI is InChI=1S/C11H15N3O/c1-8-13-10-4-3-9(12)7-11(10)14(8)5-6-15-2/h3-4,7H,5-6,12H2,1-2H3. The third-order valence-electron chi connectivity index (χ3n) is 2.48. The van der Waals surface area contributed by atoms with Crippen LogP contribution in [0.25, 0.3) is 11.0 Å². The summed E-state index contributed by atoms with van der Waals surface area (Å²) in [6, 6.07) is 5.77. The second-order valence-corrected chi connectivity index (χ2v) is 3.55. The zero-order chi connectivity index (χ0) is 10.8. The Morgan fingerprint density at radius 2 is 2.27 bits per heavy atom. The molecule has 0 fully saturated rings. The quantitative estimate of drug-likeness (QED) is 0.774. The van der Waals surface area contributed by atoms with Crippen molar-refractivity contribution >= 4 is 16.7 Å². The van der Waals surface area contributed by atoms with Gasteiger partial charge in [-0.05, 0) is 25.1 Å². The van der Waals surface area contributed by atoms with Crippen LogP contribution in [0.2, 0.25) is 0 Å². The number of imidazole rings is 1. The highest BCUT2D eigenvalue weighted by Gasteiger charge is 2.06. The lowest BCUT2D eigenvalue weighted by Gasteiger charge is -2.05. The molecule has 4 heteroatoms. The molecule has 1 aromatic heterocycles. The number of nitrogen functional groups attached to an aromatic ring is 1. The predicted octanol–water partition coefficient (Wildman–Crippen LogP) is 1.57. The lowest BCUT2D eigenvalue weighted by molar-refractivity contribution is 0.187. The summed E-state index contributed by atoms with van der Waals surface area (Å²) in [6.45, 7) is 3.48. The molecule has 0 atom stereocenters. The molecular formula is C11H15N3O. The van der Waals surface area contributed by atoms with E-state index in [2.05, 4.69) is 9.55 Å².